The number of anilines is 2. The minimum Gasteiger partial charge on any atom is -0.373 e. The number of likely N-dealkylation sites (N-methyl/N-ethyl adjacent to an activating group) is 1. The van der Waals surface area contributed by atoms with Gasteiger partial charge in [0.2, 0.25) is 0 Å². The van der Waals surface area contributed by atoms with Gasteiger partial charge in [-0.25, -0.2) is 4.98 Å². The Labute approximate surface area is 121 Å². The summed E-state index contributed by atoms with van der Waals surface area (Å²) in [7, 11) is 1.93. The summed E-state index contributed by atoms with van der Waals surface area (Å²) in [5.41, 5.74) is 0.354. The number of nitrogens with zero attached hydrogens (tertiary/aromatic N) is 2. The van der Waals surface area contributed by atoms with Crippen molar-refractivity contribution in [3.05, 3.63) is 54.2 Å². The van der Waals surface area contributed by atoms with Crippen LogP contribution in [0.1, 0.15) is 5.56 Å². The van der Waals surface area contributed by atoms with Gasteiger partial charge >= 0.3 is 6.18 Å². The summed E-state index contributed by atoms with van der Waals surface area (Å²) < 4.78 is 37.7. The highest BCUT2D eigenvalue weighted by Crippen LogP contribution is 2.29. The van der Waals surface area contributed by atoms with Gasteiger partial charge in [0, 0.05) is 32.0 Å². The van der Waals surface area contributed by atoms with Crippen molar-refractivity contribution < 1.29 is 13.2 Å². The van der Waals surface area contributed by atoms with Crippen molar-refractivity contribution in [3.8, 4) is 0 Å². The Morgan fingerprint density at radius 2 is 1.86 bits per heavy atom. The van der Waals surface area contributed by atoms with Crippen LogP contribution >= 0.6 is 0 Å². The number of hydrogen-bond acceptors (Lipinski definition) is 3. The molecule has 1 heterocycles. The van der Waals surface area contributed by atoms with Gasteiger partial charge in [-0.2, -0.15) is 13.2 Å². The van der Waals surface area contributed by atoms with Crippen LogP contribution in [0.3, 0.4) is 0 Å². The second-order valence-corrected chi connectivity index (χ2v) is 4.61. The molecule has 2 aromatic rings. The summed E-state index contributed by atoms with van der Waals surface area (Å²) in [6.45, 7) is 1.15. The molecule has 0 aliphatic rings. The van der Waals surface area contributed by atoms with Crippen LogP contribution in [-0.2, 0) is 6.18 Å². The van der Waals surface area contributed by atoms with E-state index in [0.29, 0.717) is 13.1 Å². The van der Waals surface area contributed by atoms with E-state index in [0.717, 1.165) is 24.0 Å². The van der Waals surface area contributed by atoms with Gasteiger partial charge in [0.1, 0.15) is 5.82 Å². The summed E-state index contributed by atoms with van der Waals surface area (Å²) in [6, 6.07) is 11.7. The summed E-state index contributed by atoms with van der Waals surface area (Å²) in [5.74, 6) is 0.228. The normalized spacial score (nSPS) is 11.2. The Balaban J connectivity index is 1.89. The molecule has 1 N–H and O–H groups in total. The standard InChI is InChI=1S/C15H16F3N3/c1-21(13-5-3-2-4-6-13)10-9-20-14-11-12(7-8-19-14)15(16,17)18/h2-8,11H,9-10H2,1H3,(H,19,20). The zero-order chi connectivity index (χ0) is 15.3. The predicted octanol–water partition coefficient (Wildman–Crippen LogP) is 3.65. The third-order valence-corrected chi connectivity index (χ3v) is 3.04. The molecule has 0 radical (unpaired) electrons. The van der Waals surface area contributed by atoms with Crippen molar-refractivity contribution in [1.29, 1.82) is 0 Å². The van der Waals surface area contributed by atoms with E-state index in [4.69, 9.17) is 0 Å². The molecule has 1 aromatic carbocycles. The summed E-state index contributed by atoms with van der Waals surface area (Å²) >= 11 is 0. The Kier molecular flexibility index (Phi) is 4.67. The number of benzene rings is 1. The Morgan fingerprint density at radius 3 is 2.52 bits per heavy atom. The van der Waals surface area contributed by atoms with Crippen LogP contribution in [0.25, 0.3) is 0 Å². The summed E-state index contributed by atoms with van der Waals surface area (Å²) in [6.07, 6.45) is -3.19. The third-order valence-electron chi connectivity index (χ3n) is 3.04. The molecule has 0 bridgehead atoms. The third kappa shape index (κ3) is 4.37. The van der Waals surface area contributed by atoms with Gasteiger partial charge in [-0.05, 0) is 24.3 Å². The molecular weight excluding hydrogens is 279 g/mol. The van der Waals surface area contributed by atoms with E-state index in [2.05, 4.69) is 10.3 Å². The van der Waals surface area contributed by atoms with Crippen LogP contribution in [0.15, 0.2) is 48.7 Å². The van der Waals surface area contributed by atoms with E-state index >= 15 is 0 Å². The maximum Gasteiger partial charge on any atom is 0.416 e. The minimum absolute atomic E-state index is 0.228. The van der Waals surface area contributed by atoms with Crippen LogP contribution in [0, 0.1) is 0 Å². The number of alkyl halides is 3. The van der Waals surface area contributed by atoms with E-state index in [1.54, 1.807) is 0 Å². The molecular formula is C15H16F3N3. The number of halogens is 3. The maximum atomic E-state index is 12.6. The fraction of sp³-hybridized carbons (Fsp3) is 0.267. The quantitative estimate of drug-likeness (QED) is 0.912. The molecule has 0 atom stereocenters. The first-order chi connectivity index (χ1) is 9.97. The highest BCUT2D eigenvalue weighted by Gasteiger charge is 2.30. The van der Waals surface area contributed by atoms with E-state index in [9.17, 15) is 13.2 Å². The van der Waals surface area contributed by atoms with E-state index in [1.165, 1.54) is 0 Å². The SMILES string of the molecule is CN(CCNc1cc(C(F)(F)F)ccn1)c1ccccc1. The first-order valence-corrected chi connectivity index (χ1v) is 6.50. The molecule has 0 saturated heterocycles. The molecule has 6 heteroatoms. The number of pyridine rings is 1. The largest absolute Gasteiger partial charge is 0.416 e. The molecule has 0 fully saturated rings. The number of hydrogen-bond donors (Lipinski definition) is 1. The first kappa shape index (κ1) is 15.2. The van der Waals surface area contributed by atoms with Gasteiger partial charge in [-0.3, -0.25) is 0 Å². The lowest BCUT2D eigenvalue weighted by Crippen LogP contribution is -2.24. The van der Waals surface area contributed by atoms with Crippen LogP contribution in [0.2, 0.25) is 0 Å². The molecule has 0 aliphatic carbocycles. The number of nitrogens with one attached hydrogen (secondary N) is 1. The number of aromatic nitrogens is 1. The second kappa shape index (κ2) is 6.47. The Bertz CT molecular complexity index is 570. The van der Waals surface area contributed by atoms with Crippen molar-refractivity contribution in [3.63, 3.8) is 0 Å². The number of para-hydroxylation sites is 1. The molecule has 3 nitrogen and oxygen atoms in total. The predicted molar refractivity (Wildman–Crippen MR) is 77.4 cm³/mol. The van der Waals surface area contributed by atoms with Crippen LogP contribution < -0.4 is 10.2 Å². The second-order valence-electron chi connectivity index (χ2n) is 4.61. The molecule has 0 unspecified atom stereocenters. The maximum absolute atomic E-state index is 12.6. The van der Waals surface area contributed by atoms with Crippen LogP contribution in [0.5, 0.6) is 0 Å². The van der Waals surface area contributed by atoms with Gasteiger partial charge in [0.15, 0.2) is 0 Å². The van der Waals surface area contributed by atoms with Gasteiger partial charge < -0.3 is 10.2 Å². The van der Waals surface area contributed by atoms with E-state index < -0.39 is 11.7 Å². The molecule has 0 amide bonds. The monoisotopic (exact) mass is 295 g/mol. The number of rotatable bonds is 5. The Hall–Kier alpha value is -2.24. The molecule has 2 rings (SSSR count). The topological polar surface area (TPSA) is 28.2 Å². The average molecular weight is 295 g/mol. The zero-order valence-electron chi connectivity index (χ0n) is 11.6. The molecule has 0 spiro atoms. The fourth-order valence-electron chi connectivity index (χ4n) is 1.87. The lowest BCUT2D eigenvalue weighted by molar-refractivity contribution is -0.137. The van der Waals surface area contributed by atoms with Crippen molar-refractivity contribution in [2.24, 2.45) is 0 Å². The highest BCUT2D eigenvalue weighted by atomic mass is 19.4. The minimum atomic E-state index is -4.35. The van der Waals surface area contributed by atoms with E-state index in [1.807, 2.05) is 42.3 Å². The molecule has 0 aliphatic heterocycles. The average Bonchev–Trinajstić information content (AvgIpc) is 2.47. The van der Waals surface area contributed by atoms with Crippen molar-refractivity contribution in [2.75, 3.05) is 30.4 Å². The molecule has 1 aromatic heterocycles. The van der Waals surface area contributed by atoms with Gasteiger partial charge in [-0.1, -0.05) is 18.2 Å². The van der Waals surface area contributed by atoms with E-state index in [-0.39, 0.29) is 5.82 Å². The summed E-state index contributed by atoms with van der Waals surface area (Å²) in [4.78, 5) is 5.91. The summed E-state index contributed by atoms with van der Waals surface area (Å²) in [5, 5.41) is 2.91. The van der Waals surface area contributed by atoms with Crippen molar-refractivity contribution in [1.82, 2.24) is 4.98 Å². The van der Waals surface area contributed by atoms with Crippen molar-refractivity contribution in [2.45, 2.75) is 6.18 Å². The zero-order valence-corrected chi connectivity index (χ0v) is 11.6. The lowest BCUT2D eigenvalue weighted by Gasteiger charge is -2.19. The van der Waals surface area contributed by atoms with Crippen LogP contribution in [-0.4, -0.2) is 25.1 Å². The molecule has 0 saturated carbocycles. The lowest BCUT2D eigenvalue weighted by atomic mass is 10.2. The smallest absolute Gasteiger partial charge is 0.373 e. The molecule has 112 valence electrons. The molecule has 21 heavy (non-hydrogen) atoms. The van der Waals surface area contributed by atoms with Gasteiger partial charge in [0.05, 0.1) is 5.56 Å². The fourth-order valence-corrected chi connectivity index (χ4v) is 1.87. The highest BCUT2D eigenvalue weighted by molar-refractivity contribution is 5.45. The van der Waals surface area contributed by atoms with Gasteiger partial charge in [0.25, 0.3) is 0 Å². The Morgan fingerprint density at radius 1 is 1.14 bits per heavy atom. The van der Waals surface area contributed by atoms with Crippen LogP contribution in [0.4, 0.5) is 24.7 Å². The van der Waals surface area contributed by atoms with Crippen molar-refractivity contribution >= 4 is 11.5 Å². The first-order valence-electron chi connectivity index (χ1n) is 6.50. The van der Waals surface area contributed by atoms with Gasteiger partial charge in [-0.15, -0.1) is 0 Å².